The van der Waals surface area contributed by atoms with E-state index in [1.165, 1.54) is 0 Å². The molecule has 0 fully saturated rings. The molecule has 0 atom stereocenters. The van der Waals surface area contributed by atoms with Crippen LogP contribution in [0.4, 0.5) is 5.69 Å². The van der Waals surface area contributed by atoms with Crippen molar-refractivity contribution in [3.63, 3.8) is 0 Å². The molecule has 0 bridgehead atoms. The van der Waals surface area contributed by atoms with Crippen LogP contribution in [-0.2, 0) is 11.3 Å². The summed E-state index contributed by atoms with van der Waals surface area (Å²) in [6, 6.07) is 15.8. The molecule has 1 amide bonds. The average molecular weight is 430 g/mol. The number of carbonyl (C=O) groups is 1. The van der Waals surface area contributed by atoms with E-state index in [9.17, 15) is 9.59 Å². The van der Waals surface area contributed by atoms with Crippen LogP contribution in [0.25, 0.3) is 16.7 Å². The molecule has 4 rings (SSSR count). The third kappa shape index (κ3) is 4.06. The molecule has 0 aliphatic heterocycles. The van der Waals surface area contributed by atoms with Gasteiger partial charge in [0.1, 0.15) is 11.2 Å². The Morgan fingerprint density at radius 3 is 2.47 bits per heavy atom. The van der Waals surface area contributed by atoms with Gasteiger partial charge in [0.25, 0.3) is 5.56 Å². The smallest absolute Gasteiger partial charge is 0.264 e. The highest BCUT2D eigenvalue weighted by atomic mass is 16.2. The van der Waals surface area contributed by atoms with Crippen LogP contribution >= 0.6 is 0 Å². The first-order valence-electron chi connectivity index (χ1n) is 10.8. The molecule has 7 nitrogen and oxygen atoms in total. The highest BCUT2D eigenvalue weighted by molar-refractivity contribution is 5.93. The zero-order chi connectivity index (χ0) is 22.8. The summed E-state index contributed by atoms with van der Waals surface area (Å²) >= 11 is 0. The summed E-state index contributed by atoms with van der Waals surface area (Å²) in [4.78, 5) is 32.5. The number of anilines is 1. The van der Waals surface area contributed by atoms with E-state index in [1.807, 2.05) is 69.3 Å². The first-order chi connectivity index (χ1) is 15.4. The van der Waals surface area contributed by atoms with Gasteiger partial charge in [0.2, 0.25) is 5.91 Å². The Labute approximate surface area is 186 Å². The lowest BCUT2D eigenvalue weighted by Gasteiger charge is -2.22. The standard InChI is InChI=1S/C25H27N5O2/c1-5-28(21-8-6-7-18(3)15-21)23(31)13-14-29-19(4)27-24-22(25(29)32)16-26-30(24)20-11-9-17(2)10-12-20/h6-12,15-16H,5,13-14H2,1-4H3. The Bertz CT molecular complexity index is 1330. The number of carbonyl (C=O) groups excluding carboxylic acids is 1. The van der Waals surface area contributed by atoms with Crippen LogP contribution in [-0.4, -0.2) is 31.8 Å². The SMILES string of the molecule is CCN(C(=O)CCn1c(C)nc2c(cnn2-c2ccc(C)cc2)c1=O)c1cccc(C)c1. The van der Waals surface area contributed by atoms with Crippen molar-refractivity contribution in [1.29, 1.82) is 0 Å². The Morgan fingerprint density at radius 1 is 1.03 bits per heavy atom. The summed E-state index contributed by atoms with van der Waals surface area (Å²) in [5.74, 6) is 0.530. The molecule has 0 saturated carbocycles. The number of rotatable bonds is 6. The summed E-state index contributed by atoms with van der Waals surface area (Å²) in [5.41, 5.74) is 4.30. The van der Waals surface area contributed by atoms with Crippen LogP contribution in [0, 0.1) is 20.8 Å². The van der Waals surface area contributed by atoms with Gasteiger partial charge in [0, 0.05) is 25.2 Å². The predicted molar refractivity (Wildman–Crippen MR) is 126 cm³/mol. The molecule has 0 unspecified atom stereocenters. The number of nitrogens with zero attached hydrogens (tertiary/aromatic N) is 5. The van der Waals surface area contributed by atoms with Crippen LogP contribution in [0.3, 0.4) is 0 Å². The minimum atomic E-state index is -0.183. The summed E-state index contributed by atoms with van der Waals surface area (Å²) in [7, 11) is 0. The molecular formula is C25H27N5O2. The van der Waals surface area contributed by atoms with Gasteiger partial charge in [-0.2, -0.15) is 5.10 Å². The Kier molecular flexibility index (Phi) is 5.90. The maximum Gasteiger partial charge on any atom is 0.264 e. The number of aromatic nitrogens is 4. The summed E-state index contributed by atoms with van der Waals surface area (Å²) in [6.07, 6.45) is 1.76. The van der Waals surface area contributed by atoms with Crippen LogP contribution in [0.15, 0.2) is 59.5 Å². The van der Waals surface area contributed by atoms with Crippen molar-refractivity contribution in [3.05, 3.63) is 82.0 Å². The van der Waals surface area contributed by atoms with E-state index in [1.54, 1.807) is 27.3 Å². The Hall–Kier alpha value is -3.74. The molecular weight excluding hydrogens is 402 g/mol. The molecule has 0 aliphatic carbocycles. The van der Waals surface area contributed by atoms with Crippen molar-refractivity contribution in [1.82, 2.24) is 19.3 Å². The van der Waals surface area contributed by atoms with E-state index >= 15 is 0 Å². The second-order valence-electron chi connectivity index (χ2n) is 7.97. The quantitative estimate of drug-likeness (QED) is 0.465. The number of amides is 1. The fraction of sp³-hybridized carbons (Fsp3) is 0.280. The highest BCUT2D eigenvalue weighted by Crippen LogP contribution is 2.18. The van der Waals surface area contributed by atoms with Gasteiger partial charge in [0.15, 0.2) is 5.65 Å². The molecule has 2 aromatic carbocycles. The van der Waals surface area contributed by atoms with Gasteiger partial charge in [-0.15, -0.1) is 0 Å². The molecule has 2 aromatic heterocycles. The molecule has 7 heteroatoms. The second-order valence-corrected chi connectivity index (χ2v) is 7.97. The molecule has 0 spiro atoms. The topological polar surface area (TPSA) is 73.0 Å². The van der Waals surface area contributed by atoms with Crippen molar-refractivity contribution in [2.24, 2.45) is 0 Å². The van der Waals surface area contributed by atoms with Gasteiger partial charge in [0.05, 0.1) is 11.9 Å². The zero-order valence-electron chi connectivity index (χ0n) is 18.9. The van der Waals surface area contributed by atoms with E-state index in [0.717, 1.165) is 22.5 Å². The van der Waals surface area contributed by atoms with E-state index in [0.29, 0.717) is 23.4 Å². The molecule has 0 radical (unpaired) electrons. The van der Waals surface area contributed by atoms with Gasteiger partial charge in [-0.3, -0.25) is 14.2 Å². The lowest BCUT2D eigenvalue weighted by molar-refractivity contribution is -0.118. The van der Waals surface area contributed by atoms with Crippen LogP contribution in [0.5, 0.6) is 0 Å². The number of benzene rings is 2. The van der Waals surface area contributed by atoms with Gasteiger partial charge in [-0.1, -0.05) is 29.8 Å². The summed E-state index contributed by atoms with van der Waals surface area (Å²) in [6.45, 7) is 8.59. The second kappa shape index (κ2) is 8.78. The minimum Gasteiger partial charge on any atom is -0.313 e. The molecule has 164 valence electrons. The van der Waals surface area contributed by atoms with Crippen molar-refractivity contribution in [2.45, 2.75) is 40.7 Å². The lowest BCUT2D eigenvalue weighted by Crippen LogP contribution is -2.33. The summed E-state index contributed by atoms with van der Waals surface area (Å²) in [5, 5.41) is 4.83. The molecule has 0 aliphatic rings. The van der Waals surface area contributed by atoms with Gasteiger partial charge in [-0.05, 0) is 57.5 Å². The third-order valence-corrected chi connectivity index (χ3v) is 5.64. The van der Waals surface area contributed by atoms with Crippen molar-refractivity contribution in [3.8, 4) is 5.69 Å². The zero-order valence-corrected chi connectivity index (χ0v) is 18.9. The monoisotopic (exact) mass is 429 g/mol. The first-order valence-corrected chi connectivity index (χ1v) is 10.8. The van der Waals surface area contributed by atoms with Crippen LogP contribution < -0.4 is 10.5 Å². The normalized spacial score (nSPS) is 11.1. The average Bonchev–Trinajstić information content (AvgIpc) is 3.18. The first kappa shape index (κ1) is 21.5. The maximum absolute atomic E-state index is 13.2. The Balaban J connectivity index is 1.60. The lowest BCUT2D eigenvalue weighted by atomic mass is 10.2. The highest BCUT2D eigenvalue weighted by Gasteiger charge is 2.17. The van der Waals surface area contributed by atoms with Crippen molar-refractivity contribution < 1.29 is 4.79 Å². The molecule has 0 saturated heterocycles. The van der Waals surface area contributed by atoms with Gasteiger partial charge < -0.3 is 4.90 Å². The number of hydrogen-bond donors (Lipinski definition) is 0. The van der Waals surface area contributed by atoms with E-state index in [-0.39, 0.29) is 24.4 Å². The number of hydrogen-bond acceptors (Lipinski definition) is 4. The van der Waals surface area contributed by atoms with Gasteiger partial charge in [-0.25, -0.2) is 9.67 Å². The molecule has 32 heavy (non-hydrogen) atoms. The van der Waals surface area contributed by atoms with Crippen molar-refractivity contribution >= 4 is 22.6 Å². The molecule has 4 aromatic rings. The molecule has 2 heterocycles. The van der Waals surface area contributed by atoms with E-state index < -0.39 is 0 Å². The fourth-order valence-corrected chi connectivity index (χ4v) is 3.89. The molecule has 0 N–H and O–H groups in total. The van der Waals surface area contributed by atoms with E-state index in [2.05, 4.69) is 10.1 Å². The maximum atomic E-state index is 13.2. The third-order valence-electron chi connectivity index (χ3n) is 5.64. The van der Waals surface area contributed by atoms with Crippen LogP contribution in [0.2, 0.25) is 0 Å². The largest absolute Gasteiger partial charge is 0.313 e. The Morgan fingerprint density at radius 2 is 1.78 bits per heavy atom. The minimum absolute atomic E-state index is 0.0279. The van der Waals surface area contributed by atoms with Crippen LogP contribution in [0.1, 0.15) is 30.3 Å². The predicted octanol–water partition coefficient (Wildman–Crippen LogP) is 3.95. The van der Waals surface area contributed by atoms with Gasteiger partial charge >= 0.3 is 0 Å². The fourth-order valence-electron chi connectivity index (χ4n) is 3.89. The number of aryl methyl sites for hydroxylation is 3. The summed E-state index contributed by atoms with van der Waals surface area (Å²) < 4.78 is 3.24. The van der Waals surface area contributed by atoms with Crippen molar-refractivity contribution in [2.75, 3.05) is 11.4 Å². The number of fused-ring (bicyclic) bond motifs is 1. The van der Waals surface area contributed by atoms with E-state index in [4.69, 9.17) is 0 Å².